The normalized spacial score (nSPS) is 12.8. The average molecular weight is 370 g/mol. The number of rotatable bonds is 3. The molecule has 0 saturated carbocycles. The lowest BCUT2D eigenvalue weighted by molar-refractivity contribution is -0.0769. The quantitative estimate of drug-likeness (QED) is 0.569. The molecule has 5 nitrogen and oxygen atoms in total. The molecule has 0 saturated heterocycles. The highest BCUT2D eigenvalue weighted by atomic mass is 79.9. The second kappa shape index (κ2) is 5.71. The zero-order valence-corrected chi connectivity index (χ0v) is 12.9. The molecular formula is C14H10BrF2N3O2. The van der Waals surface area contributed by atoms with Crippen LogP contribution in [0.5, 0.6) is 0 Å². The van der Waals surface area contributed by atoms with Gasteiger partial charge in [-0.05, 0) is 28.1 Å². The van der Waals surface area contributed by atoms with Crippen molar-refractivity contribution in [1.29, 1.82) is 0 Å². The van der Waals surface area contributed by atoms with Gasteiger partial charge in [-0.3, -0.25) is 4.40 Å². The summed E-state index contributed by atoms with van der Waals surface area (Å²) in [6.45, 7) is 0. The van der Waals surface area contributed by atoms with E-state index in [2.05, 4.69) is 25.9 Å². The summed E-state index contributed by atoms with van der Waals surface area (Å²) in [6, 6.07) is 3.98. The Hall–Kier alpha value is -1.90. The summed E-state index contributed by atoms with van der Waals surface area (Å²) in [5.74, 6) is -1.57. The van der Waals surface area contributed by atoms with Crippen molar-refractivity contribution in [2.75, 3.05) is 7.11 Å². The summed E-state index contributed by atoms with van der Waals surface area (Å²) < 4.78 is 33.6. The van der Waals surface area contributed by atoms with E-state index in [0.29, 0.717) is 16.9 Å². The third-order valence-electron chi connectivity index (χ3n) is 3.18. The molecule has 3 rings (SSSR count). The molecule has 0 aliphatic carbocycles. The van der Waals surface area contributed by atoms with E-state index in [1.165, 1.54) is 13.3 Å². The molecule has 0 spiro atoms. The third-order valence-corrected chi connectivity index (χ3v) is 3.73. The van der Waals surface area contributed by atoms with Crippen LogP contribution in [0.15, 0.2) is 35.2 Å². The number of imidazole rings is 1. The molecule has 1 unspecified atom stereocenters. The highest BCUT2D eigenvalue weighted by Crippen LogP contribution is 2.26. The number of pyridine rings is 2. The molecule has 8 heteroatoms. The highest BCUT2D eigenvalue weighted by Gasteiger charge is 2.16. The van der Waals surface area contributed by atoms with Crippen molar-refractivity contribution in [3.05, 3.63) is 52.4 Å². The second-order valence-electron chi connectivity index (χ2n) is 4.51. The van der Waals surface area contributed by atoms with E-state index in [9.17, 15) is 13.9 Å². The van der Waals surface area contributed by atoms with Crippen molar-refractivity contribution in [3.8, 4) is 11.4 Å². The van der Waals surface area contributed by atoms with Crippen molar-refractivity contribution >= 4 is 21.6 Å². The van der Waals surface area contributed by atoms with Crippen LogP contribution in [-0.4, -0.2) is 26.6 Å². The highest BCUT2D eigenvalue weighted by molar-refractivity contribution is 9.10. The minimum Gasteiger partial charge on any atom is -0.364 e. The average Bonchev–Trinajstić information content (AvgIpc) is 2.93. The molecule has 1 atom stereocenters. The van der Waals surface area contributed by atoms with E-state index < -0.39 is 17.9 Å². The lowest BCUT2D eigenvalue weighted by Gasteiger charge is -2.09. The molecule has 0 aliphatic rings. The predicted octanol–water partition coefficient (Wildman–Crippen LogP) is 3.07. The number of hydrogen-bond donors (Lipinski definition) is 1. The predicted molar refractivity (Wildman–Crippen MR) is 78.0 cm³/mol. The van der Waals surface area contributed by atoms with Gasteiger partial charge >= 0.3 is 0 Å². The Labute approximate surface area is 132 Å². The molecule has 114 valence electrons. The number of ether oxygens (including phenoxy) is 1. The van der Waals surface area contributed by atoms with Crippen molar-refractivity contribution in [2.45, 2.75) is 6.29 Å². The van der Waals surface area contributed by atoms with E-state index in [1.54, 1.807) is 22.7 Å². The van der Waals surface area contributed by atoms with Crippen LogP contribution in [0.4, 0.5) is 8.78 Å². The zero-order chi connectivity index (χ0) is 15.9. The summed E-state index contributed by atoms with van der Waals surface area (Å²) in [5.41, 5.74) is 1.33. The third kappa shape index (κ3) is 2.49. The fourth-order valence-corrected chi connectivity index (χ4v) is 2.38. The van der Waals surface area contributed by atoms with Gasteiger partial charge in [0.05, 0.1) is 11.9 Å². The van der Waals surface area contributed by atoms with Gasteiger partial charge in [-0.1, -0.05) is 0 Å². The van der Waals surface area contributed by atoms with Crippen LogP contribution in [0.2, 0.25) is 0 Å². The molecule has 3 heterocycles. The zero-order valence-electron chi connectivity index (χ0n) is 11.3. The number of nitrogens with zero attached hydrogens (tertiary/aromatic N) is 3. The van der Waals surface area contributed by atoms with Gasteiger partial charge in [0, 0.05) is 24.9 Å². The van der Waals surface area contributed by atoms with Crippen molar-refractivity contribution in [1.82, 2.24) is 14.4 Å². The van der Waals surface area contributed by atoms with Crippen LogP contribution in [0.3, 0.4) is 0 Å². The summed E-state index contributed by atoms with van der Waals surface area (Å²) >= 11 is 2.94. The smallest absolute Gasteiger partial charge is 0.181 e. The fourth-order valence-electron chi connectivity index (χ4n) is 2.09. The monoisotopic (exact) mass is 369 g/mol. The first-order valence-electron chi connectivity index (χ1n) is 6.21. The Bertz CT molecular complexity index is 853. The van der Waals surface area contributed by atoms with Gasteiger partial charge in [-0.25, -0.2) is 18.7 Å². The minimum atomic E-state index is -1.07. The lowest BCUT2D eigenvalue weighted by atomic mass is 10.2. The number of aliphatic hydroxyl groups excluding tert-OH is 1. The van der Waals surface area contributed by atoms with Gasteiger partial charge in [0.1, 0.15) is 15.9 Å². The molecule has 0 bridgehead atoms. The van der Waals surface area contributed by atoms with Gasteiger partial charge in [0.2, 0.25) is 0 Å². The number of methoxy groups -OCH3 is 1. The Morgan fingerprint density at radius 3 is 2.82 bits per heavy atom. The van der Waals surface area contributed by atoms with Crippen molar-refractivity contribution in [2.24, 2.45) is 0 Å². The minimum absolute atomic E-state index is 0.0270. The van der Waals surface area contributed by atoms with Crippen molar-refractivity contribution < 1.29 is 18.6 Å². The Morgan fingerprint density at radius 2 is 2.09 bits per heavy atom. The number of hydrogen-bond acceptors (Lipinski definition) is 4. The maximum atomic E-state index is 14.0. The Kier molecular flexibility index (Phi) is 3.90. The first kappa shape index (κ1) is 15.0. The van der Waals surface area contributed by atoms with Gasteiger partial charge in [0.15, 0.2) is 17.9 Å². The maximum absolute atomic E-state index is 14.0. The molecule has 0 fully saturated rings. The molecule has 3 aromatic heterocycles. The SMILES string of the molecule is COC(O)c1ccn2c(-c3nc(Br)c(F)cc3F)cnc2c1. The molecule has 22 heavy (non-hydrogen) atoms. The van der Waals surface area contributed by atoms with Gasteiger partial charge in [-0.15, -0.1) is 0 Å². The summed E-state index contributed by atoms with van der Waals surface area (Å²) in [4.78, 5) is 8.02. The molecule has 1 N–H and O–H groups in total. The topological polar surface area (TPSA) is 59.7 Å². The van der Waals surface area contributed by atoms with E-state index in [1.807, 2.05) is 0 Å². The first-order valence-corrected chi connectivity index (χ1v) is 7.00. The summed E-state index contributed by atoms with van der Waals surface area (Å²) in [5, 5.41) is 9.64. The van der Waals surface area contributed by atoms with Crippen molar-refractivity contribution in [3.63, 3.8) is 0 Å². The number of halogens is 3. The van der Waals surface area contributed by atoms with Crippen LogP contribution >= 0.6 is 15.9 Å². The Morgan fingerprint density at radius 1 is 1.32 bits per heavy atom. The van der Waals surface area contributed by atoms with E-state index >= 15 is 0 Å². The van der Waals surface area contributed by atoms with Gasteiger partial charge in [0.25, 0.3) is 0 Å². The van der Waals surface area contributed by atoms with E-state index in [4.69, 9.17) is 4.74 Å². The van der Waals surface area contributed by atoms with Crippen LogP contribution in [-0.2, 0) is 4.74 Å². The van der Waals surface area contributed by atoms with Gasteiger partial charge in [-0.2, -0.15) is 0 Å². The largest absolute Gasteiger partial charge is 0.364 e. The molecule has 0 radical (unpaired) electrons. The molecule has 3 aromatic rings. The number of aliphatic hydroxyl groups is 1. The maximum Gasteiger partial charge on any atom is 0.181 e. The first-order chi connectivity index (χ1) is 10.5. The second-order valence-corrected chi connectivity index (χ2v) is 5.26. The standard InChI is InChI=1S/C14H10BrF2N3O2/c1-22-14(21)7-2-3-20-10(6-18-11(20)4-7)12-8(16)5-9(17)13(15)19-12/h2-6,14,21H,1H3. The van der Waals surface area contributed by atoms with Crippen LogP contribution in [0, 0.1) is 11.6 Å². The van der Waals surface area contributed by atoms with E-state index in [0.717, 1.165) is 6.07 Å². The Balaban J connectivity index is 2.15. The molecule has 0 amide bonds. The van der Waals surface area contributed by atoms with Crippen LogP contribution in [0.1, 0.15) is 11.9 Å². The van der Waals surface area contributed by atoms with Gasteiger partial charge < -0.3 is 9.84 Å². The molecule has 0 aromatic carbocycles. The lowest BCUT2D eigenvalue weighted by Crippen LogP contribution is -2.01. The molecular weight excluding hydrogens is 360 g/mol. The molecule has 0 aliphatic heterocycles. The van der Waals surface area contributed by atoms with Crippen LogP contribution in [0.25, 0.3) is 17.0 Å². The number of aromatic nitrogens is 3. The van der Waals surface area contributed by atoms with Crippen LogP contribution < -0.4 is 0 Å². The summed E-state index contributed by atoms with van der Waals surface area (Å²) in [6.07, 6.45) is 1.96. The summed E-state index contributed by atoms with van der Waals surface area (Å²) in [7, 11) is 1.38. The fraction of sp³-hybridized carbons (Fsp3) is 0.143. The number of fused-ring (bicyclic) bond motifs is 1. The van der Waals surface area contributed by atoms with E-state index in [-0.39, 0.29) is 10.3 Å².